The molecule has 4 nitrogen and oxygen atoms in total. The van der Waals surface area contributed by atoms with E-state index in [0.717, 1.165) is 33.9 Å². The Bertz CT molecular complexity index is 1060. The Kier molecular flexibility index (Phi) is 8.02. The van der Waals surface area contributed by atoms with Crippen molar-refractivity contribution in [3.8, 4) is 11.5 Å². The van der Waals surface area contributed by atoms with Gasteiger partial charge in [0, 0.05) is 23.1 Å². The molecule has 0 fully saturated rings. The molecular formula is C24H24Cl2N2O2S. The molecule has 0 spiro atoms. The molecule has 0 atom stereocenters. The van der Waals surface area contributed by atoms with Gasteiger partial charge in [-0.25, -0.2) is 0 Å². The van der Waals surface area contributed by atoms with Crippen molar-refractivity contribution in [2.45, 2.75) is 20.0 Å². The summed E-state index contributed by atoms with van der Waals surface area (Å²) in [4.78, 5) is 2.05. The number of benzene rings is 3. The summed E-state index contributed by atoms with van der Waals surface area (Å²) in [5, 5.41) is 5.08. The number of hydrogen-bond acceptors (Lipinski definition) is 3. The van der Waals surface area contributed by atoms with E-state index in [1.807, 2.05) is 66.4 Å². The molecular weight excluding hydrogens is 451 g/mol. The van der Waals surface area contributed by atoms with Gasteiger partial charge >= 0.3 is 0 Å². The first-order valence-corrected chi connectivity index (χ1v) is 10.8. The van der Waals surface area contributed by atoms with Crippen molar-refractivity contribution in [1.82, 2.24) is 4.90 Å². The van der Waals surface area contributed by atoms with E-state index in [0.29, 0.717) is 28.2 Å². The molecule has 0 aliphatic rings. The van der Waals surface area contributed by atoms with Gasteiger partial charge in [0.05, 0.1) is 19.9 Å². The van der Waals surface area contributed by atoms with Crippen LogP contribution in [0, 0.1) is 6.92 Å². The largest absolute Gasteiger partial charge is 0.497 e. The Morgan fingerprint density at radius 2 is 1.68 bits per heavy atom. The summed E-state index contributed by atoms with van der Waals surface area (Å²) in [6.45, 7) is 3.12. The van der Waals surface area contributed by atoms with E-state index in [1.54, 1.807) is 20.3 Å². The fraction of sp³-hybridized carbons (Fsp3) is 0.208. The summed E-state index contributed by atoms with van der Waals surface area (Å²) in [7, 11) is 3.30. The average Bonchev–Trinajstić information content (AvgIpc) is 2.76. The number of rotatable bonds is 7. The van der Waals surface area contributed by atoms with E-state index in [-0.39, 0.29) is 0 Å². The van der Waals surface area contributed by atoms with Crippen LogP contribution in [0.2, 0.25) is 10.0 Å². The highest BCUT2D eigenvalue weighted by atomic mass is 35.5. The van der Waals surface area contributed by atoms with Crippen molar-refractivity contribution >= 4 is 46.2 Å². The average molecular weight is 475 g/mol. The van der Waals surface area contributed by atoms with Crippen molar-refractivity contribution in [1.29, 1.82) is 0 Å². The maximum Gasteiger partial charge on any atom is 0.174 e. The quantitative estimate of drug-likeness (QED) is 0.384. The Labute approximate surface area is 198 Å². The highest BCUT2D eigenvalue weighted by molar-refractivity contribution is 7.80. The van der Waals surface area contributed by atoms with Gasteiger partial charge in [-0.2, -0.15) is 0 Å². The lowest BCUT2D eigenvalue weighted by Gasteiger charge is -2.27. The van der Waals surface area contributed by atoms with Gasteiger partial charge in [-0.1, -0.05) is 47.5 Å². The number of halogens is 2. The molecule has 0 heterocycles. The zero-order chi connectivity index (χ0) is 22.4. The van der Waals surface area contributed by atoms with Crippen molar-refractivity contribution in [2.24, 2.45) is 0 Å². The Morgan fingerprint density at radius 1 is 0.935 bits per heavy atom. The van der Waals surface area contributed by atoms with Gasteiger partial charge < -0.3 is 19.7 Å². The van der Waals surface area contributed by atoms with E-state index in [1.165, 1.54) is 0 Å². The molecule has 0 aliphatic carbocycles. The maximum atomic E-state index is 6.43. The van der Waals surface area contributed by atoms with Crippen LogP contribution in [0.4, 0.5) is 5.69 Å². The van der Waals surface area contributed by atoms with Gasteiger partial charge in [0.25, 0.3) is 0 Å². The number of aryl methyl sites for hydroxylation is 1. The summed E-state index contributed by atoms with van der Waals surface area (Å²) >= 11 is 18.3. The predicted molar refractivity (Wildman–Crippen MR) is 133 cm³/mol. The van der Waals surface area contributed by atoms with Gasteiger partial charge in [0.15, 0.2) is 5.11 Å². The second kappa shape index (κ2) is 10.7. The lowest BCUT2D eigenvalue weighted by Crippen LogP contribution is -2.34. The first kappa shape index (κ1) is 23.2. The van der Waals surface area contributed by atoms with Crippen LogP contribution < -0.4 is 14.8 Å². The lowest BCUT2D eigenvalue weighted by atomic mass is 10.1. The number of hydrogen-bond donors (Lipinski definition) is 1. The standard InChI is InChI=1S/C24H24Cl2N2O2S/c1-16-4-11-22(23(12-16)30-3)27-24(31)28(14-17-5-9-20(29-2)10-6-17)15-18-7-8-19(25)13-21(18)26/h4-13H,14-15H2,1-3H3,(H,27,31). The highest BCUT2D eigenvalue weighted by Crippen LogP contribution is 2.27. The van der Waals surface area contributed by atoms with E-state index in [9.17, 15) is 0 Å². The molecule has 0 saturated heterocycles. The summed E-state index contributed by atoms with van der Waals surface area (Å²) < 4.78 is 10.8. The molecule has 1 N–H and O–H groups in total. The summed E-state index contributed by atoms with van der Waals surface area (Å²) in [6.07, 6.45) is 0. The molecule has 162 valence electrons. The Balaban J connectivity index is 1.87. The number of thiocarbonyl (C=S) groups is 1. The topological polar surface area (TPSA) is 33.7 Å². The third-order valence-corrected chi connectivity index (χ3v) is 5.74. The van der Waals surface area contributed by atoms with Crippen LogP contribution in [-0.4, -0.2) is 24.2 Å². The zero-order valence-corrected chi connectivity index (χ0v) is 19.9. The fourth-order valence-electron chi connectivity index (χ4n) is 3.10. The smallest absolute Gasteiger partial charge is 0.174 e. The molecule has 0 aliphatic heterocycles. The van der Waals surface area contributed by atoms with Crippen LogP contribution in [-0.2, 0) is 13.1 Å². The number of nitrogens with one attached hydrogen (secondary N) is 1. The number of ether oxygens (including phenoxy) is 2. The first-order valence-electron chi connectivity index (χ1n) is 9.67. The van der Waals surface area contributed by atoms with Crippen molar-refractivity contribution < 1.29 is 9.47 Å². The minimum Gasteiger partial charge on any atom is -0.497 e. The van der Waals surface area contributed by atoms with Crippen LogP contribution >= 0.6 is 35.4 Å². The van der Waals surface area contributed by atoms with Crippen LogP contribution in [0.5, 0.6) is 11.5 Å². The summed E-state index contributed by atoms with van der Waals surface area (Å²) in [5.41, 5.74) is 3.93. The lowest BCUT2D eigenvalue weighted by molar-refractivity contribution is 0.405. The van der Waals surface area contributed by atoms with Gasteiger partial charge in [-0.3, -0.25) is 0 Å². The fourth-order valence-corrected chi connectivity index (χ4v) is 3.81. The van der Waals surface area contributed by atoms with Gasteiger partial charge in [0.1, 0.15) is 11.5 Å². The molecule has 3 aromatic carbocycles. The monoisotopic (exact) mass is 474 g/mol. The molecule has 7 heteroatoms. The van der Waals surface area contributed by atoms with Crippen LogP contribution in [0.25, 0.3) is 0 Å². The van der Waals surface area contributed by atoms with E-state index in [4.69, 9.17) is 44.9 Å². The van der Waals surface area contributed by atoms with Crippen molar-refractivity contribution in [2.75, 3.05) is 19.5 Å². The van der Waals surface area contributed by atoms with Crippen molar-refractivity contribution in [3.63, 3.8) is 0 Å². The Morgan fingerprint density at radius 3 is 2.32 bits per heavy atom. The first-order chi connectivity index (χ1) is 14.9. The second-order valence-electron chi connectivity index (χ2n) is 7.07. The van der Waals surface area contributed by atoms with Gasteiger partial charge in [-0.05, 0) is 72.2 Å². The van der Waals surface area contributed by atoms with Crippen molar-refractivity contribution in [3.05, 3.63) is 87.4 Å². The SMILES string of the molecule is COc1ccc(CN(Cc2ccc(Cl)cc2Cl)C(=S)Nc2ccc(C)cc2OC)cc1. The highest BCUT2D eigenvalue weighted by Gasteiger charge is 2.15. The van der Waals surface area contributed by atoms with Gasteiger partial charge in [-0.15, -0.1) is 0 Å². The third-order valence-electron chi connectivity index (χ3n) is 4.79. The number of nitrogens with zero attached hydrogens (tertiary/aromatic N) is 1. The summed E-state index contributed by atoms with van der Waals surface area (Å²) in [5.74, 6) is 1.54. The molecule has 0 saturated carbocycles. The zero-order valence-electron chi connectivity index (χ0n) is 17.6. The summed E-state index contributed by atoms with van der Waals surface area (Å²) in [6, 6.07) is 19.3. The van der Waals surface area contributed by atoms with E-state index < -0.39 is 0 Å². The molecule has 0 radical (unpaired) electrons. The van der Waals surface area contributed by atoms with Crippen LogP contribution in [0.1, 0.15) is 16.7 Å². The predicted octanol–water partition coefficient (Wildman–Crippen LogP) is 6.72. The van der Waals surface area contributed by atoms with Crippen LogP contribution in [0.15, 0.2) is 60.7 Å². The molecule has 3 rings (SSSR count). The molecule has 0 bridgehead atoms. The van der Waals surface area contributed by atoms with E-state index in [2.05, 4.69) is 5.32 Å². The van der Waals surface area contributed by atoms with Gasteiger partial charge in [0.2, 0.25) is 0 Å². The Hall–Kier alpha value is -2.47. The van der Waals surface area contributed by atoms with E-state index >= 15 is 0 Å². The van der Waals surface area contributed by atoms with Crippen LogP contribution in [0.3, 0.4) is 0 Å². The molecule has 0 amide bonds. The minimum absolute atomic E-state index is 0.516. The maximum absolute atomic E-state index is 6.43. The molecule has 0 unspecified atom stereocenters. The molecule has 0 aromatic heterocycles. The second-order valence-corrected chi connectivity index (χ2v) is 8.30. The minimum atomic E-state index is 0.516. The molecule has 3 aromatic rings. The number of methoxy groups -OCH3 is 2. The normalized spacial score (nSPS) is 10.5. The number of anilines is 1. The third kappa shape index (κ3) is 6.26. The molecule has 31 heavy (non-hydrogen) atoms.